The number of aromatic nitrogens is 2. The molecular weight excluding hydrogens is 378 g/mol. The van der Waals surface area contributed by atoms with Crippen LogP contribution in [0.2, 0.25) is 0 Å². The molecule has 2 saturated heterocycles. The lowest BCUT2D eigenvalue weighted by atomic mass is 10.1. The molecule has 0 aromatic carbocycles. The number of carbonyl (C=O) groups excluding carboxylic acids is 2. The van der Waals surface area contributed by atoms with Crippen molar-refractivity contribution in [1.82, 2.24) is 19.6 Å². The second-order valence-electron chi connectivity index (χ2n) is 8.11. The molecule has 4 rings (SSSR count). The van der Waals surface area contributed by atoms with Crippen LogP contribution in [-0.2, 0) is 27.4 Å². The Labute approximate surface area is 169 Å². The molecule has 2 amide bonds. The van der Waals surface area contributed by atoms with E-state index in [4.69, 9.17) is 4.74 Å². The zero-order valence-electron chi connectivity index (χ0n) is 16.9. The minimum absolute atomic E-state index is 0.0330. The quantitative estimate of drug-likeness (QED) is 0.744. The SMILES string of the molecule is COC(=O)[C@@H]1CCCN1C1CC(=O)N(c2cnn3c2CN(C(=O)O)[C@@H](C)C3)[C@H]1C. The predicted molar refractivity (Wildman–Crippen MR) is 102 cm³/mol. The Balaban J connectivity index is 1.60. The normalized spacial score (nSPS) is 30.0. The highest BCUT2D eigenvalue weighted by atomic mass is 16.5. The number of hydrogen-bond donors (Lipinski definition) is 1. The third-order valence-electron chi connectivity index (χ3n) is 6.53. The van der Waals surface area contributed by atoms with Gasteiger partial charge in [-0.3, -0.25) is 24.1 Å². The number of amides is 2. The molecule has 1 aromatic rings. The smallest absolute Gasteiger partial charge is 0.407 e. The van der Waals surface area contributed by atoms with Crippen molar-refractivity contribution in [2.75, 3.05) is 18.6 Å². The average molecular weight is 405 g/mol. The maximum atomic E-state index is 13.0. The molecule has 0 radical (unpaired) electrons. The van der Waals surface area contributed by atoms with Gasteiger partial charge in [-0.05, 0) is 33.2 Å². The Morgan fingerprint density at radius 1 is 1.31 bits per heavy atom. The minimum atomic E-state index is -0.979. The van der Waals surface area contributed by atoms with Crippen LogP contribution in [0, 0.1) is 0 Å². The number of anilines is 1. The predicted octanol–water partition coefficient (Wildman–Crippen LogP) is 0.896. The van der Waals surface area contributed by atoms with Crippen molar-refractivity contribution in [3.05, 3.63) is 11.9 Å². The van der Waals surface area contributed by atoms with Crippen molar-refractivity contribution in [1.29, 1.82) is 0 Å². The summed E-state index contributed by atoms with van der Waals surface area (Å²) in [5.74, 6) is -0.288. The molecular formula is C19H27N5O5. The van der Waals surface area contributed by atoms with Gasteiger partial charge in [-0.15, -0.1) is 0 Å². The van der Waals surface area contributed by atoms with Crippen LogP contribution in [0.5, 0.6) is 0 Å². The molecule has 1 N–H and O–H groups in total. The zero-order valence-corrected chi connectivity index (χ0v) is 16.9. The Morgan fingerprint density at radius 2 is 2.07 bits per heavy atom. The summed E-state index contributed by atoms with van der Waals surface area (Å²) in [6.45, 7) is 5.23. The summed E-state index contributed by atoms with van der Waals surface area (Å²) in [6.07, 6.45) is 2.63. The Morgan fingerprint density at radius 3 is 2.76 bits per heavy atom. The maximum absolute atomic E-state index is 13.0. The second kappa shape index (κ2) is 7.33. The number of carboxylic acid groups (broad SMARTS) is 1. The van der Waals surface area contributed by atoms with Crippen LogP contribution in [0.1, 0.15) is 38.8 Å². The number of nitrogens with zero attached hydrogens (tertiary/aromatic N) is 5. The van der Waals surface area contributed by atoms with Crippen LogP contribution in [0.4, 0.5) is 10.5 Å². The first-order valence-corrected chi connectivity index (χ1v) is 10.0. The van der Waals surface area contributed by atoms with Gasteiger partial charge in [0.25, 0.3) is 0 Å². The van der Waals surface area contributed by atoms with E-state index in [0.29, 0.717) is 18.7 Å². The molecule has 29 heavy (non-hydrogen) atoms. The van der Waals surface area contributed by atoms with Crippen molar-refractivity contribution >= 4 is 23.7 Å². The van der Waals surface area contributed by atoms with E-state index in [1.807, 2.05) is 13.8 Å². The number of ether oxygens (including phenoxy) is 1. The molecule has 3 aliphatic heterocycles. The van der Waals surface area contributed by atoms with Crippen molar-refractivity contribution in [2.45, 2.75) is 70.4 Å². The fourth-order valence-electron chi connectivity index (χ4n) is 5.01. The van der Waals surface area contributed by atoms with Gasteiger partial charge in [0.1, 0.15) is 6.04 Å². The lowest BCUT2D eigenvalue weighted by Gasteiger charge is -2.35. The Bertz CT molecular complexity index is 839. The molecule has 0 saturated carbocycles. The topological polar surface area (TPSA) is 108 Å². The highest BCUT2D eigenvalue weighted by Crippen LogP contribution is 2.36. The molecule has 1 aromatic heterocycles. The number of fused-ring (bicyclic) bond motifs is 1. The summed E-state index contributed by atoms with van der Waals surface area (Å²) in [5.41, 5.74) is 1.40. The van der Waals surface area contributed by atoms with Crippen molar-refractivity contribution < 1.29 is 24.2 Å². The fraction of sp³-hybridized carbons (Fsp3) is 0.684. The van der Waals surface area contributed by atoms with Crippen LogP contribution in [0.3, 0.4) is 0 Å². The number of hydrogen-bond acceptors (Lipinski definition) is 6. The molecule has 4 heterocycles. The van der Waals surface area contributed by atoms with Crippen LogP contribution >= 0.6 is 0 Å². The third kappa shape index (κ3) is 3.15. The standard InChI is InChI=1S/C19H27N5O5/c1-11-9-23-16(10-22(11)19(27)28)15(8-20-23)24-12(2)14(7-17(24)25)21-6-4-5-13(21)18(26)29-3/h8,11-14H,4-7,9-10H2,1-3H3,(H,27,28)/t11-,12-,13-,14?/m0/s1. The molecule has 0 bridgehead atoms. The second-order valence-corrected chi connectivity index (χ2v) is 8.11. The van der Waals surface area contributed by atoms with Gasteiger partial charge in [0.05, 0.1) is 49.9 Å². The molecule has 1 unspecified atom stereocenters. The first-order valence-electron chi connectivity index (χ1n) is 10.0. The van der Waals surface area contributed by atoms with Gasteiger partial charge in [0, 0.05) is 12.5 Å². The van der Waals surface area contributed by atoms with Crippen molar-refractivity contribution in [2.24, 2.45) is 0 Å². The van der Waals surface area contributed by atoms with Crippen LogP contribution in [-0.4, -0.2) is 80.5 Å². The average Bonchev–Trinajstić information content (AvgIpc) is 3.37. The summed E-state index contributed by atoms with van der Waals surface area (Å²) >= 11 is 0. The van der Waals surface area contributed by atoms with E-state index in [-0.39, 0.29) is 42.6 Å². The lowest BCUT2D eigenvalue weighted by molar-refractivity contribution is -0.146. The van der Waals surface area contributed by atoms with Crippen LogP contribution < -0.4 is 4.90 Å². The van der Waals surface area contributed by atoms with Gasteiger partial charge < -0.3 is 14.7 Å². The van der Waals surface area contributed by atoms with Crippen LogP contribution in [0.15, 0.2) is 6.20 Å². The minimum Gasteiger partial charge on any atom is -0.468 e. The summed E-state index contributed by atoms with van der Waals surface area (Å²) < 4.78 is 6.74. The largest absolute Gasteiger partial charge is 0.468 e. The molecule has 158 valence electrons. The first kappa shape index (κ1) is 19.7. The van der Waals surface area contributed by atoms with E-state index in [1.165, 1.54) is 12.0 Å². The summed E-state index contributed by atoms with van der Waals surface area (Å²) in [6, 6.07) is -0.746. The lowest BCUT2D eigenvalue weighted by Crippen LogP contribution is -2.49. The first-order chi connectivity index (χ1) is 13.8. The van der Waals surface area contributed by atoms with Gasteiger partial charge in [0.15, 0.2) is 0 Å². The monoisotopic (exact) mass is 405 g/mol. The molecule has 10 nitrogen and oxygen atoms in total. The fourth-order valence-corrected chi connectivity index (χ4v) is 5.01. The maximum Gasteiger partial charge on any atom is 0.407 e. The number of methoxy groups -OCH3 is 1. The molecule has 0 aliphatic carbocycles. The van der Waals surface area contributed by atoms with Gasteiger partial charge in [-0.2, -0.15) is 5.10 Å². The van der Waals surface area contributed by atoms with Gasteiger partial charge >= 0.3 is 12.1 Å². The number of rotatable bonds is 3. The van der Waals surface area contributed by atoms with Crippen molar-refractivity contribution in [3.63, 3.8) is 0 Å². The summed E-state index contributed by atoms with van der Waals surface area (Å²) in [7, 11) is 1.39. The van der Waals surface area contributed by atoms with E-state index >= 15 is 0 Å². The summed E-state index contributed by atoms with van der Waals surface area (Å²) in [4.78, 5) is 41.9. The highest BCUT2D eigenvalue weighted by molar-refractivity contribution is 5.97. The van der Waals surface area contributed by atoms with E-state index in [1.54, 1.807) is 15.8 Å². The Kier molecular flexibility index (Phi) is 4.97. The van der Waals surface area contributed by atoms with E-state index in [9.17, 15) is 19.5 Å². The van der Waals surface area contributed by atoms with E-state index in [0.717, 1.165) is 25.1 Å². The number of carbonyl (C=O) groups is 3. The van der Waals surface area contributed by atoms with Gasteiger partial charge in [-0.25, -0.2) is 4.79 Å². The van der Waals surface area contributed by atoms with E-state index in [2.05, 4.69) is 10.00 Å². The molecule has 10 heteroatoms. The van der Waals surface area contributed by atoms with Gasteiger partial charge in [0.2, 0.25) is 5.91 Å². The van der Waals surface area contributed by atoms with E-state index < -0.39 is 6.09 Å². The van der Waals surface area contributed by atoms with Crippen molar-refractivity contribution in [3.8, 4) is 0 Å². The van der Waals surface area contributed by atoms with Crippen LogP contribution in [0.25, 0.3) is 0 Å². The summed E-state index contributed by atoms with van der Waals surface area (Å²) in [5, 5.41) is 13.9. The molecule has 0 spiro atoms. The Hall–Kier alpha value is -2.62. The molecule has 2 fully saturated rings. The molecule has 3 aliphatic rings. The highest BCUT2D eigenvalue weighted by Gasteiger charge is 2.47. The van der Waals surface area contributed by atoms with Gasteiger partial charge in [-0.1, -0.05) is 0 Å². The zero-order chi connectivity index (χ0) is 20.9. The number of likely N-dealkylation sites (tertiary alicyclic amines) is 1. The number of esters is 1. The third-order valence-corrected chi connectivity index (χ3v) is 6.53. The molecule has 4 atom stereocenters.